The smallest absolute Gasteiger partial charge is 0.00891 e. The normalized spacial score (nSPS) is 31.5. The Labute approximate surface area is 49.7 Å². The fourth-order valence-corrected chi connectivity index (χ4v) is 1.53. The number of nitrogens with one attached hydrogen (secondary N) is 2. The van der Waals surface area contributed by atoms with Crippen LogP contribution in [0.2, 0.25) is 0 Å². The molecule has 2 N–H and O–H groups in total. The molecule has 2 saturated heterocycles. The second-order valence-electron chi connectivity index (χ2n) is 2.62. The van der Waals surface area contributed by atoms with Gasteiger partial charge in [-0.05, 0) is 19.0 Å². The summed E-state index contributed by atoms with van der Waals surface area (Å²) in [7, 11) is 0. The van der Waals surface area contributed by atoms with Crippen molar-refractivity contribution >= 4 is 0 Å². The quantitative estimate of drug-likeness (QED) is 0.435. The third-order valence-electron chi connectivity index (χ3n) is 2.06. The molecule has 8 heavy (non-hydrogen) atoms. The lowest BCUT2D eigenvalue weighted by molar-refractivity contribution is 0.648. The maximum absolute atomic E-state index is 3.35. The molecule has 0 amide bonds. The predicted molar refractivity (Wildman–Crippen MR) is 32.5 cm³/mol. The molecule has 2 rings (SSSR count). The fraction of sp³-hybridized carbons (Fsp3) is 0.833. The predicted octanol–water partition coefficient (Wildman–Crippen LogP) is -0.617. The van der Waals surface area contributed by atoms with E-state index in [2.05, 4.69) is 10.6 Å². The molecule has 2 aliphatic rings. The Hall–Kier alpha value is -0.0800. The van der Waals surface area contributed by atoms with Gasteiger partial charge in [0.05, 0.1) is 0 Å². The third kappa shape index (κ3) is 0.565. The van der Waals surface area contributed by atoms with E-state index in [1.54, 1.807) is 5.92 Å². The van der Waals surface area contributed by atoms with Crippen LogP contribution in [0.5, 0.6) is 0 Å². The highest BCUT2D eigenvalue weighted by Gasteiger charge is 2.31. The van der Waals surface area contributed by atoms with E-state index < -0.39 is 0 Å². The summed E-state index contributed by atoms with van der Waals surface area (Å²) in [6, 6.07) is 0. The Morgan fingerprint density at radius 2 is 1.75 bits per heavy atom. The van der Waals surface area contributed by atoms with Crippen molar-refractivity contribution in [2.75, 3.05) is 26.2 Å². The molecule has 2 heteroatoms. The van der Waals surface area contributed by atoms with Gasteiger partial charge in [-0.25, -0.2) is 0 Å². The Bertz CT molecular complexity index is 72.5. The van der Waals surface area contributed by atoms with E-state index in [4.69, 9.17) is 0 Å². The first-order chi connectivity index (χ1) is 3.97. The molecule has 0 aromatic rings. The molecule has 0 aromatic carbocycles. The van der Waals surface area contributed by atoms with Gasteiger partial charge in [0.25, 0.3) is 0 Å². The first-order valence-electron chi connectivity index (χ1n) is 3.23. The number of fused-ring (bicyclic) bond motifs is 1. The molecule has 2 heterocycles. The summed E-state index contributed by atoms with van der Waals surface area (Å²) in [6.07, 6.45) is 0. The molecule has 0 spiro atoms. The minimum atomic E-state index is 0.870. The van der Waals surface area contributed by atoms with Crippen molar-refractivity contribution in [1.29, 1.82) is 0 Å². The Balaban J connectivity index is 2.04. The van der Waals surface area contributed by atoms with Crippen LogP contribution in [0.3, 0.4) is 0 Å². The van der Waals surface area contributed by atoms with E-state index in [1.165, 1.54) is 13.1 Å². The zero-order valence-corrected chi connectivity index (χ0v) is 4.91. The van der Waals surface area contributed by atoms with Gasteiger partial charge < -0.3 is 10.6 Å². The molecule has 0 aliphatic carbocycles. The molecule has 0 unspecified atom stereocenters. The molecule has 45 valence electrons. The van der Waals surface area contributed by atoms with E-state index in [-0.39, 0.29) is 0 Å². The highest BCUT2D eigenvalue weighted by atomic mass is 15.0. The molecular weight excluding hydrogens is 100 g/mol. The van der Waals surface area contributed by atoms with Crippen LogP contribution in [-0.2, 0) is 0 Å². The minimum absolute atomic E-state index is 0.870. The molecule has 0 saturated carbocycles. The van der Waals surface area contributed by atoms with Crippen molar-refractivity contribution in [1.82, 2.24) is 10.6 Å². The molecule has 2 aliphatic heterocycles. The maximum atomic E-state index is 3.35. The monoisotopic (exact) mass is 111 g/mol. The van der Waals surface area contributed by atoms with Gasteiger partial charge in [0.1, 0.15) is 0 Å². The summed E-state index contributed by atoms with van der Waals surface area (Å²) < 4.78 is 0. The standard InChI is InChI=1S/C6H11N2/c1-5-2-8-4-6(5)3-7-1/h5,7-8H,1-4H2. The van der Waals surface area contributed by atoms with Gasteiger partial charge in [0.2, 0.25) is 0 Å². The Kier molecular flexibility index (Phi) is 1.02. The zero-order chi connectivity index (χ0) is 5.40. The van der Waals surface area contributed by atoms with Gasteiger partial charge in [-0.3, -0.25) is 0 Å². The van der Waals surface area contributed by atoms with Crippen LogP contribution in [-0.4, -0.2) is 26.2 Å². The fourth-order valence-electron chi connectivity index (χ4n) is 1.53. The first kappa shape index (κ1) is 4.77. The van der Waals surface area contributed by atoms with Crippen LogP contribution >= 0.6 is 0 Å². The summed E-state index contributed by atoms with van der Waals surface area (Å²) in [4.78, 5) is 0. The lowest BCUT2D eigenvalue weighted by Gasteiger charge is -2.00. The Morgan fingerprint density at radius 1 is 1.12 bits per heavy atom. The van der Waals surface area contributed by atoms with E-state index in [0.29, 0.717) is 0 Å². The second kappa shape index (κ2) is 1.71. The van der Waals surface area contributed by atoms with Crippen LogP contribution in [0.15, 0.2) is 0 Å². The van der Waals surface area contributed by atoms with Crippen molar-refractivity contribution in [2.45, 2.75) is 0 Å². The molecule has 0 aromatic heterocycles. The maximum Gasteiger partial charge on any atom is 0.00891 e. The lowest BCUT2D eigenvalue weighted by atomic mass is 10.0. The Morgan fingerprint density at radius 3 is 2.25 bits per heavy atom. The van der Waals surface area contributed by atoms with E-state index in [0.717, 1.165) is 19.0 Å². The number of rotatable bonds is 0. The average molecular weight is 111 g/mol. The summed E-state index contributed by atoms with van der Waals surface area (Å²) in [5, 5.41) is 6.69. The molecule has 0 atom stereocenters. The second-order valence-corrected chi connectivity index (χ2v) is 2.62. The van der Waals surface area contributed by atoms with E-state index in [9.17, 15) is 0 Å². The average Bonchev–Trinajstić information content (AvgIpc) is 2.15. The summed E-state index contributed by atoms with van der Waals surface area (Å²) in [5.41, 5.74) is 0. The summed E-state index contributed by atoms with van der Waals surface area (Å²) >= 11 is 0. The van der Waals surface area contributed by atoms with Crippen LogP contribution in [0, 0.1) is 11.8 Å². The zero-order valence-electron chi connectivity index (χ0n) is 4.91. The van der Waals surface area contributed by atoms with Gasteiger partial charge in [0.15, 0.2) is 0 Å². The van der Waals surface area contributed by atoms with Crippen LogP contribution in [0.4, 0.5) is 0 Å². The number of hydrogen-bond donors (Lipinski definition) is 2. The largest absolute Gasteiger partial charge is 0.316 e. The van der Waals surface area contributed by atoms with Gasteiger partial charge in [0, 0.05) is 19.0 Å². The molecule has 2 fully saturated rings. The van der Waals surface area contributed by atoms with Crippen LogP contribution < -0.4 is 10.6 Å². The topological polar surface area (TPSA) is 24.1 Å². The van der Waals surface area contributed by atoms with Crippen molar-refractivity contribution in [3.8, 4) is 0 Å². The van der Waals surface area contributed by atoms with Gasteiger partial charge in [-0.1, -0.05) is 0 Å². The van der Waals surface area contributed by atoms with Gasteiger partial charge >= 0.3 is 0 Å². The van der Waals surface area contributed by atoms with Gasteiger partial charge in [-0.15, -0.1) is 0 Å². The lowest BCUT2D eigenvalue weighted by Crippen LogP contribution is -2.18. The summed E-state index contributed by atoms with van der Waals surface area (Å²) in [5.74, 6) is 2.56. The number of hydrogen-bond acceptors (Lipinski definition) is 2. The molecule has 2 nitrogen and oxygen atoms in total. The van der Waals surface area contributed by atoms with Gasteiger partial charge in [-0.2, -0.15) is 0 Å². The van der Waals surface area contributed by atoms with Crippen molar-refractivity contribution in [2.24, 2.45) is 5.92 Å². The molecular formula is C6H11N2. The third-order valence-corrected chi connectivity index (χ3v) is 2.06. The van der Waals surface area contributed by atoms with Crippen LogP contribution in [0.1, 0.15) is 0 Å². The SMILES string of the molecule is C1NCC2CNC[C]12. The highest BCUT2D eigenvalue weighted by Crippen LogP contribution is 2.21. The molecule has 0 bridgehead atoms. The van der Waals surface area contributed by atoms with Crippen molar-refractivity contribution in [3.05, 3.63) is 5.92 Å². The van der Waals surface area contributed by atoms with E-state index >= 15 is 0 Å². The molecule has 1 radical (unpaired) electrons. The van der Waals surface area contributed by atoms with E-state index in [1.807, 2.05) is 0 Å². The first-order valence-corrected chi connectivity index (χ1v) is 3.23. The van der Waals surface area contributed by atoms with Crippen molar-refractivity contribution in [3.63, 3.8) is 0 Å². The summed E-state index contributed by atoms with van der Waals surface area (Å²) in [6.45, 7) is 4.75. The van der Waals surface area contributed by atoms with Crippen LogP contribution in [0.25, 0.3) is 0 Å². The minimum Gasteiger partial charge on any atom is -0.316 e. The highest BCUT2D eigenvalue weighted by molar-refractivity contribution is 5.11. The van der Waals surface area contributed by atoms with Crippen molar-refractivity contribution < 1.29 is 0 Å².